The van der Waals surface area contributed by atoms with Crippen LogP contribution in [-0.2, 0) is 0 Å². The lowest BCUT2D eigenvalue weighted by Crippen LogP contribution is -2.41. The van der Waals surface area contributed by atoms with E-state index in [1.54, 1.807) is 56.7 Å². The Balaban J connectivity index is 1.72. The fourth-order valence-electron chi connectivity index (χ4n) is 2.30. The van der Waals surface area contributed by atoms with Crippen LogP contribution in [0.25, 0.3) is 10.1 Å². The van der Waals surface area contributed by atoms with Crippen molar-refractivity contribution in [3.8, 4) is 11.5 Å². The van der Waals surface area contributed by atoms with E-state index in [0.29, 0.717) is 27.0 Å². The zero-order valence-electron chi connectivity index (χ0n) is 14.0. The zero-order chi connectivity index (χ0) is 18.7. The predicted octanol–water partition coefficient (Wildman–Crippen LogP) is 3.65. The Morgan fingerprint density at radius 3 is 2.19 bits per heavy atom. The minimum Gasteiger partial charge on any atom is -0.497 e. The molecular formula is C18H15ClN2O4S. The number of carbonyl (C=O) groups excluding carboxylic acids is 2. The molecule has 8 heteroatoms. The lowest BCUT2D eigenvalue weighted by Gasteiger charge is -2.07. The summed E-state index contributed by atoms with van der Waals surface area (Å²) in [4.78, 5) is 24.8. The van der Waals surface area contributed by atoms with Crippen molar-refractivity contribution in [3.63, 3.8) is 0 Å². The van der Waals surface area contributed by atoms with Gasteiger partial charge in [0.1, 0.15) is 16.4 Å². The van der Waals surface area contributed by atoms with Crippen LogP contribution in [0.15, 0.2) is 42.5 Å². The summed E-state index contributed by atoms with van der Waals surface area (Å²) in [6.45, 7) is 0. The number of carbonyl (C=O) groups is 2. The van der Waals surface area contributed by atoms with Crippen LogP contribution in [0.3, 0.4) is 0 Å². The monoisotopic (exact) mass is 390 g/mol. The molecule has 0 fully saturated rings. The first-order valence-corrected chi connectivity index (χ1v) is 8.73. The van der Waals surface area contributed by atoms with Crippen LogP contribution >= 0.6 is 22.9 Å². The number of hydrogen-bond acceptors (Lipinski definition) is 5. The summed E-state index contributed by atoms with van der Waals surface area (Å²) < 4.78 is 11.0. The second kappa shape index (κ2) is 7.63. The molecule has 0 radical (unpaired) electrons. The average Bonchev–Trinajstić information content (AvgIpc) is 3.01. The SMILES string of the molecule is COc1ccc(C(=O)NNC(=O)c2sc3cc(OC)ccc3c2Cl)cc1. The number of benzene rings is 2. The van der Waals surface area contributed by atoms with Crippen LogP contribution < -0.4 is 20.3 Å². The van der Waals surface area contributed by atoms with Crippen LogP contribution in [0.5, 0.6) is 11.5 Å². The van der Waals surface area contributed by atoms with E-state index < -0.39 is 11.8 Å². The number of nitrogens with one attached hydrogen (secondary N) is 2. The van der Waals surface area contributed by atoms with Gasteiger partial charge in [0.25, 0.3) is 11.8 Å². The molecule has 1 heterocycles. The van der Waals surface area contributed by atoms with E-state index in [4.69, 9.17) is 21.1 Å². The number of amides is 2. The topological polar surface area (TPSA) is 76.7 Å². The van der Waals surface area contributed by atoms with Crippen molar-refractivity contribution in [2.24, 2.45) is 0 Å². The first-order chi connectivity index (χ1) is 12.5. The molecule has 3 rings (SSSR count). The molecule has 0 unspecified atom stereocenters. The molecule has 0 aliphatic carbocycles. The first kappa shape index (κ1) is 18.0. The van der Waals surface area contributed by atoms with Gasteiger partial charge >= 0.3 is 0 Å². The zero-order valence-corrected chi connectivity index (χ0v) is 15.5. The second-order valence-corrected chi connectivity index (χ2v) is 6.67. The van der Waals surface area contributed by atoms with Crippen LogP contribution in [0.2, 0.25) is 5.02 Å². The number of rotatable bonds is 4. The Bertz CT molecular complexity index is 969. The Morgan fingerprint density at radius 1 is 0.923 bits per heavy atom. The van der Waals surface area contributed by atoms with E-state index >= 15 is 0 Å². The summed E-state index contributed by atoms with van der Waals surface area (Å²) in [7, 11) is 3.11. The van der Waals surface area contributed by atoms with Crippen molar-refractivity contribution in [1.82, 2.24) is 10.9 Å². The highest BCUT2D eigenvalue weighted by molar-refractivity contribution is 7.21. The Kier molecular flexibility index (Phi) is 5.29. The molecule has 2 N–H and O–H groups in total. The third kappa shape index (κ3) is 3.58. The van der Waals surface area contributed by atoms with E-state index in [-0.39, 0.29) is 0 Å². The van der Waals surface area contributed by atoms with Gasteiger partial charge in [-0.15, -0.1) is 11.3 Å². The summed E-state index contributed by atoms with van der Waals surface area (Å²) in [5.74, 6) is 0.380. The van der Waals surface area contributed by atoms with Crippen LogP contribution in [0, 0.1) is 0 Å². The molecule has 3 aromatic rings. The van der Waals surface area contributed by atoms with Gasteiger partial charge in [-0.05, 0) is 42.5 Å². The Labute approximate surface area is 158 Å². The largest absolute Gasteiger partial charge is 0.497 e. The normalized spacial score (nSPS) is 10.4. The first-order valence-electron chi connectivity index (χ1n) is 7.54. The van der Waals surface area contributed by atoms with Gasteiger partial charge in [-0.1, -0.05) is 11.6 Å². The van der Waals surface area contributed by atoms with Crippen LogP contribution in [-0.4, -0.2) is 26.0 Å². The number of hydrogen-bond donors (Lipinski definition) is 2. The van der Waals surface area contributed by atoms with Crippen molar-refractivity contribution in [2.75, 3.05) is 14.2 Å². The number of hydrazine groups is 1. The molecule has 0 aliphatic rings. The number of halogens is 1. The fourth-order valence-corrected chi connectivity index (χ4v) is 3.74. The molecular weight excluding hydrogens is 376 g/mol. The van der Waals surface area contributed by atoms with Gasteiger partial charge in [0.05, 0.1) is 19.2 Å². The average molecular weight is 391 g/mol. The molecule has 26 heavy (non-hydrogen) atoms. The van der Waals surface area contributed by atoms with E-state index in [1.165, 1.54) is 11.3 Å². The quantitative estimate of drug-likeness (QED) is 0.667. The molecule has 1 aromatic heterocycles. The highest BCUT2D eigenvalue weighted by Crippen LogP contribution is 2.37. The molecule has 0 aliphatic heterocycles. The van der Waals surface area contributed by atoms with E-state index in [1.807, 2.05) is 0 Å². The molecule has 0 atom stereocenters. The van der Waals surface area contributed by atoms with Crippen LogP contribution in [0.4, 0.5) is 0 Å². The van der Waals surface area contributed by atoms with Gasteiger partial charge in [0.15, 0.2) is 0 Å². The van der Waals surface area contributed by atoms with Crippen molar-refractivity contribution >= 4 is 44.8 Å². The number of methoxy groups -OCH3 is 2. The molecule has 0 bridgehead atoms. The lowest BCUT2D eigenvalue weighted by molar-refractivity contribution is 0.0849. The van der Waals surface area contributed by atoms with Crippen LogP contribution in [0.1, 0.15) is 20.0 Å². The summed E-state index contributed by atoms with van der Waals surface area (Å²) in [5.41, 5.74) is 5.14. The minimum absolute atomic E-state index is 0.310. The van der Waals surface area contributed by atoms with Gasteiger partial charge in [-0.2, -0.15) is 0 Å². The third-order valence-corrected chi connectivity index (χ3v) is 5.34. The molecule has 6 nitrogen and oxygen atoms in total. The van der Waals surface area contributed by atoms with E-state index in [9.17, 15) is 9.59 Å². The van der Waals surface area contributed by atoms with Crippen molar-refractivity contribution in [2.45, 2.75) is 0 Å². The summed E-state index contributed by atoms with van der Waals surface area (Å²) >= 11 is 7.52. The number of ether oxygens (including phenoxy) is 2. The van der Waals surface area contributed by atoms with Gasteiger partial charge in [-0.3, -0.25) is 20.4 Å². The summed E-state index contributed by atoms with van der Waals surface area (Å²) in [6, 6.07) is 11.9. The van der Waals surface area contributed by atoms with Crippen molar-refractivity contribution in [1.29, 1.82) is 0 Å². The molecule has 134 valence electrons. The summed E-state index contributed by atoms with van der Waals surface area (Å²) in [6.07, 6.45) is 0. The van der Waals surface area contributed by atoms with Crippen molar-refractivity contribution < 1.29 is 19.1 Å². The lowest BCUT2D eigenvalue weighted by atomic mass is 10.2. The maximum absolute atomic E-state index is 12.4. The number of fused-ring (bicyclic) bond motifs is 1. The Hall–Kier alpha value is -2.77. The molecule has 2 aromatic carbocycles. The minimum atomic E-state index is -0.489. The maximum atomic E-state index is 12.4. The van der Waals surface area contributed by atoms with Gasteiger partial charge in [-0.25, -0.2) is 0 Å². The Morgan fingerprint density at radius 2 is 1.54 bits per heavy atom. The van der Waals surface area contributed by atoms with E-state index in [0.717, 1.165) is 10.1 Å². The smallest absolute Gasteiger partial charge is 0.281 e. The fraction of sp³-hybridized carbons (Fsp3) is 0.111. The summed E-state index contributed by atoms with van der Waals surface area (Å²) in [5, 5.41) is 1.09. The second-order valence-electron chi connectivity index (χ2n) is 5.24. The van der Waals surface area contributed by atoms with Crippen molar-refractivity contribution in [3.05, 3.63) is 57.9 Å². The molecule has 0 spiro atoms. The highest BCUT2D eigenvalue weighted by Gasteiger charge is 2.18. The number of thiophene rings is 1. The molecule has 0 saturated heterocycles. The van der Waals surface area contributed by atoms with Gasteiger partial charge in [0, 0.05) is 15.6 Å². The maximum Gasteiger partial charge on any atom is 0.281 e. The standard InChI is InChI=1S/C18H15ClN2O4S/c1-24-11-5-3-10(4-6-11)17(22)20-21-18(23)16-15(19)13-8-7-12(25-2)9-14(13)26-16/h3-9H,1-2H3,(H,20,22)(H,21,23). The van der Waals surface area contributed by atoms with Gasteiger partial charge in [0.2, 0.25) is 0 Å². The molecule has 2 amide bonds. The highest BCUT2D eigenvalue weighted by atomic mass is 35.5. The van der Waals surface area contributed by atoms with E-state index in [2.05, 4.69) is 10.9 Å². The third-order valence-electron chi connectivity index (χ3n) is 3.68. The predicted molar refractivity (Wildman–Crippen MR) is 101 cm³/mol. The molecule has 0 saturated carbocycles. The van der Waals surface area contributed by atoms with Gasteiger partial charge < -0.3 is 9.47 Å².